The van der Waals surface area contributed by atoms with Crippen molar-refractivity contribution in [2.24, 2.45) is 5.92 Å². The third-order valence-electron chi connectivity index (χ3n) is 4.80. The minimum absolute atomic E-state index is 0.0982. The summed E-state index contributed by atoms with van der Waals surface area (Å²) in [5.74, 6) is -1.20. The molecule has 0 saturated heterocycles. The second kappa shape index (κ2) is 12.4. The van der Waals surface area contributed by atoms with Crippen molar-refractivity contribution >= 4 is 18.0 Å². The maximum absolute atomic E-state index is 12.8. The van der Waals surface area contributed by atoms with Gasteiger partial charge in [-0.2, -0.15) is 0 Å². The number of benzene rings is 2. The van der Waals surface area contributed by atoms with Crippen molar-refractivity contribution in [3.05, 3.63) is 71.8 Å². The van der Waals surface area contributed by atoms with E-state index in [1.54, 1.807) is 13.8 Å². The molecule has 7 heteroatoms. The minimum Gasteiger partial charge on any atom is -0.467 e. The van der Waals surface area contributed by atoms with Gasteiger partial charge in [-0.05, 0) is 29.9 Å². The number of esters is 1. The molecule has 0 bridgehead atoms. The second-order valence-electron chi connectivity index (χ2n) is 7.54. The van der Waals surface area contributed by atoms with E-state index in [1.807, 2.05) is 60.7 Å². The molecule has 0 unspecified atom stereocenters. The van der Waals surface area contributed by atoms with E-state index < -0.39 is 30.1 Å². The molecule has 166 valence electrons. The molecule has 7 nitrogen and oxygen atoms in total. The average Bonchev–Trinajstić information content (AvgIpc) is 2.79. The zero-order valence-corrected chi connectivity index (χ0v) is 18.2. The van der Waals surface area contributed by atoms with Crippen LogP contribution in [0.5, 0.6) is 0 Å². The van der Waals surface area contributed by atoms with Crippen LogP contribution in [0.15, 0.2) is 60.7 Å². The van der Waals surface area contributed by atoms with Crippen molar-refractivity contribution in [2.75, 3.05) is 7.11 Å². The summed E-state index contributed by atoms with van der Waals surface area (Å²) in [6.45, 7) is 3.71. The Morgan fingerprint density at radius 2 is 1.45 bits per heavy atom. The van der Waals surface area contributed by atoms with Crippen molar-refractivity contribution in [2.45, 2.75) is 45.4 Å². The molecule has 2 rings (SSSR count). The van der Waals surface area contributed by atoms with Crippen molar-refractivity contribution in [1.29, 1.82) is 0 Å². The number of carbonyl (C=O) groups excluding carboxylic acids is 3. The van der Waals surface area contributed by atoms with Gasteiger partial charge in [0.2, 0.25) is 5.91 Å². The van der Waals surface area contributed by atoms with Crippen LogP contribution in [0.2, 0.25) is 0 Å². The first-order chi connectivity index (χ1) is 14.9. The van der Waals surface area contributed by atoms with Crippen molar-refractivity contribution in [3.63, 3.8) is 0 Å². The number of hydrogen-bond donors (Lipinski definition) is 2. The lowest BCUT2D eigenvalue weighted by molar-refractivity contribution is -0.145. The van der Waals surface area contributed by atoms with Gasteiger partial charge in [0, 0.05) is 0 Å². The number of rotatable bonds is 10. The number of aryl methyl sites for hydroxylation is 1. The SMILES string of the molecule is COC(=O)[C@H](CCc1ccccc1)NC(=O)[C@@H](NC(=O)OCc1ccccc1)C(C)C. The Labute approximate surface area is 183 Å². The van der Waals surface area contributed by atoms with E-state index in [1.165, 1.54) is 7.11 Å². The molecule has 0 aromatic heterocycles. The molecule has 0 fully saturated rings. The molecule has 2 N–H and O–H groups in total. The molecule has 2 atom stereocenters. The third-order valence-corrected chi connectivity index (χ3v) is 4.80. The Morgan fingerprint density at radius 1 is 0.871 bits per heavy atom. The maximum atomic E-state index is 12.8. The highest BCUT2D eigenvalue weighted by molar-refractivity contribution is 5.89. The number of carbonyl (C=O) groups is 3. The van der Waals surface area contributed by atoms with Crippen LogP contribution >= 0.6 is 0 Å². The normalized spacial score (nSPS) is 12.5. The van der Waals surface area contributed by atoms with Crippen LogP contribution in [0.4, 0.5) is 4.79 Å². The molecule has 0 aliphatic heterocycles. The molecule has 0 aliphatic carbocycles. The van der Waals surface area contributed by atoms with Crippen LogP contribution in [-0.2, 0) is 32.1 Å². The van der Waals surface area contributed by atoms with E-state index in [9.17, 15) is 14.4 Å². The smallest absolute Gasteiger partial charge is 0.408 e. The van der Waals surface area contributed by atoms with Gasteiger partial charge in [0.1, 0.15) is 18.7 Å². The number of alkyl carbamates (subject to hydrolysis) is 1. The molecule has 0 spiro atoms. The molecule has 2 aromatic carbocycles. The number of amides is 2. The third kappa shape index (κ3) is 8.12. The lowest BCUT2D eigenvalue weighted by Crippen LogP contribution is -2.54. The number of hydrogen-bond acceptors (Lipinski definition) is 5. The van der Waals surface area contributed by atoms with Crippen LogP contribution in [0.1, 0.15) is 31.4 Å². The lowest BCUT2D eigenvalue weighted by Gasteiger charge is -2.24. The Hall–Kier alpha value is -3.35. The lowest BCUT2D eigenvalue weighted by atomic mass is 10.0. The van der Waals surface area contributed by atoms with Gasteiger partial charge in [-0.1, -0.05) is 74.5 Å². The Morgan fingerprint density at radius 3 is 2.00 bits per heavy atom. The van der Waals surface area contributed by atoms with E-state index in [0.29, 0.717) is 12.8 Å². The largest absolute Gasteiger partial charge is 0.467 e. The molecule has 31 heavy (non-hydrogen) atoms. The summed E-state index contributed by atoms with van der Waals surface area (Å²) in [6, 6.07) is 17.2. The van der Waals surface area contributed by atoms with Gasteiger partial charge in [-0.3, -0.25) is 4.79 Å². The summed E-state index contributed by atoms with van der Waals surface area (Å²) in [5, 5.41) is 5.31. The fourth-order valence-electron chi connectivity index (χ4n) is 3.04. The maximum Gasteiger partial charge on any atom is 0.408 e. The summed E-state index contributed by atoms with van der Waals surface area (Å²) in [7, 11) is 1.28. The van der Waals surface area contributed by atoms with Crippen molar-refractivity contribution in [1.82, 2.24) is 10.6 Å². The van der Waals surface area contributed by atoms with E-state index in [0.717, 1.165) is 11.1 Å². The first kappa shape index (κ1) is 23.9. The predicted octanol–water partition coefficient (Wildman–Crippen LogP) is 3.23. The van der Waals surface area contributed by atoms with Crippen molar-refractivity contribution < 1.29 is 23.9 Å². The summed E-state index contributed by atoms with van der Waals surface area (Å²) < 4.78 is 10.1. The van der Waals surface area contributed by atoms with E-state index in [-0.39, 0.29) is 12.5 Å². The van der Waals surface area contributed by atoms with E-state index in [4.69, 9.17) is 9.47 Å². The zero-order valence-electron chi connectivity index (χ0n) is 18.2. The van der Waals surface area contributed by atoms with Crippen LogP contribution < -0.4 is 10.6 Å². The Bertz CT molecular complexity index is 840. The molecule has 0 aliphatic rings. The molecule has 2 amide bonds. The fraction of sp³-hybridized carbons (Fsp3) is 0.375. The highest BCUT2D eigenvalue weighted by Gasteiger charge is 2.29. The van der Waals surface area contributed by atoms with Gasteiger partial charge < -0.3 is 20.1 Å². The monoisotopic (exact) mass is 426 g/mol. The fourth-order valence-corrected chi connectivity index (χ4v) is 3.04. The van der Waals surface area contributed by atoms with Gasteiger partial charge in [0.15, 0.2) is 0 Å². The highest BCUT2D eigenvalue weighted by Crippen LogP contribution is 2.09. The van der Waals surface area contributed by atoms with Gasteiger partial charge in [0.05, 0.1) is 7.11 Å². The molecular formula is C24H30N2O5. The van der Waals surface area contributed by atoms with Gasteiger partial charge >= 0.3 is 12.1 Å². The first-order valence-corrected chi connectivity index (χ1v) is 10.3. The summed E-state index contributed by atoms with van der Waals surface area (Å²) in [5.41, 5.74) is 1.89. The second-order valence-corrected chi connectivity index (χ2v) is 7.54. The standard InChI is InChI=1S/C24H30N2O5/c1-17(2)21(26-24(29)31-16-19-12-8-5-9-13-19)22(27)25-20(23(28)30-3)15-14-18-10-6-4-7-11-18/h4-13,17,20-21H,14-16H2,1-3H3,(H,25,27)(H,26,29)/t20-,21-/m0/s1. The van der Waals surface area contributed by atoms with Crippen LogP contribution in [0.3, 0.4) is 0 Å². The molecule has 0 saturated carbocycles. The van der Waals surface area contributed by atoms with Crippen LogP contribution in [0.25, 0.3) is 0 Å². The van der Waals surface area contributed by atoms with Crippen molar-refractivity contribution in [3.8, 4) is 0 Å². The average molecular weight is 427 g/mol. The molecule has 0 heterocycles. The van der Waals surface area contributed by atoms with Crippen LogP contribution in [-0.4, -0.2) is 37.2 Å². The van der Waals surface area contributed by atoms with E-state index >= 15 is 0 Å². The van der Waals surface area contributed by atoms with Gasteiger partial charge in [-0.15, -0.1) is 0 Å². The summed E-state index contributed by atoms with van der Waals surface area (Å²) >= 11 is 0. The summed E-state index contributed by atoms with van der Waals surface area (Å²) in [6.07, 6.45) is 0.280. The highest BCUT2D eigenvalue weighted by atomic mass is 16.5. The summed E-state index contributed by atoms with van der Waals surface area (Å²) in [4.78, 5) is 37.3. The molecule has 2 aromatic rings. The van der Waals surface area contributed by atoms with Gasteiger partial charge in [-0.25, -0.2) is 9.59 Å². The van der Waals surface area contributed by atoms with E-state index in [2.05, 4.69) is 10.6 Å². The number of ether oxygens (including phenoxy) is 2. The number of methoxy groups -OCH3 is 1. The topological polar surface area (TPSA) is 93.7 Å². The molecule has 0 radical (unpaired) electrons. The Balaban J connectivity index is 1.95. The zero-order chi connectivity index (χ0) is 22.6. The predicted molar refractivity (Wildman–Crippen MR) is 117 cm³/mol. The Kier molecular flexibility index (Phi) is 9.55. The molecular weight excluding hydrogens is 396 g/mol. The quantitative estimate of drug-likeness (QED) is 0.569. The number of nitrogens with one attached hydrogen (secondary N) is 2. The van der Waals surface area contributed by atoms with Gasteiger partial charge in [0.25, 0.3) is 0 Å². The van der Waals surface area contributed by atoms with Crippen LogP contribution in [0, 0.1) is 5.92 Å². The first-order valence-electron chi connectivity index (χ1n) is 10.3. The minimum atomic E-state index is -0.854.